The standard InChI is InChI=1S/C10H13FN2/c11-10-6-9(13-4-1-5-13)3-2-8(10)7-12/h2-3,6H,1,4-5,7,12H2. The topological polar surface area (TPSA) is 29.3 Å². The Morgan fingerprint density at radius 1 is 1.38 bits per heavy atom. The van der Waals surface area contributed by atoms with E-state index in [2.05, 4.69) is 4.90 Å². The molecule has 2 rings (SSSR count). The van der Waals surface area contributed by atoms with E-state index in [0.717, 1.165) is 18.8 Å². The van der Waals surface area contributed by atoms with Crippen molar-refractivity contribution in [1.29, 1.82) is 0 Å². The molecule has 0 aliphatic carbocycles. The predicted octanol–water partition coefficient (Wildman–Crippen LogP) is 1.49. The highest BCUT2D eigenvalue weighted by atomic mass is 19.1. The Bertz CT molecular complexity index is 308. The lowest BCUT2D eigenvalue weighted by Gasteiger charge is -2.33. The van der Waals surface area contributed by atoms with Crippen molar-refractivity contribution in [3.63, 3.8) is 0 Å². The summed E-state index contributed by atoms with van der Waals surface area (Å²) in [5, 5.41) is 0. The van der Waals surface area contributed by atoms with Gasteiger partial charge >= 0.3 is 0 Å². The summed E-state index contributed by atoms with van der Waals surface area (Å²) in [5.41, 5.74) is 6.93. The first-order valence-corrected chi connectivity index (χ1v) is 4.54. The molecule has 1 aromatic carbocycles. The Hall–Kier alpha value is -1.09. The monoisotopic (exact) mass is 180 g/mol. The minimum Gasteiger partial charge on any atom is -0.371 e. The van der Waals surface area contributed by atoms with Crippen molar-refractivity contribution in [2.75, 3.05) is 18.0 Å². The van der Waals surface area contributed by atoms with Crippen LogP contribution in [-0.4, -0.2) is 13.1 Å². The molecule has 0 unspecified atom stereocenters. The van der Waals surface area contributed by atoms with Crippen molar-refractivity contribution in [1.82, 2.24) is 0 Å². The van der Waals surface area contributed by atoms with Crippen LogP contribution in [0.15, 0.2) is 18.2 Å². The van der Waals surface area contributed by atoms with Crippen molar-refractivity contribution in [2.45, 2.75) is 13.0 Å². The van der Waals surface area contributed by atoms with Gasteiger partial charge in [0.1, 0.15) is 5.82 Å². The maximum absolute atomic E-state index is 13.3. The molecule has 1 heterocycles. The van der Waals surface area contributed by atoms with Crippen LogP contribution in [-0.2, 0) is 6.54 Å². The van der Waals surface area contributed by atoms with Crippen LogP contribution in [0.25, 0.3) is 0 Å². The lowest BCUT2D eigenvalue weighted by molar-refractivity contribution is 0.594. The number of nitrogens with zero attached hydrogens (tertiary/aromatic N) is 1. The van der Waals surface area contributed by atoms with Crippen molar-refractivity contribution >= 4 is 5.69 Å². The molecule has 1 aromatic rings. The molecule has 2 nitrogen and oxygen atoms in total. The van der Waals surface area contributed by atoms with Gasteiger partial charge in [-0.3, -0.25) is 0 Å². The fourth-order valence-corrected chi connectivity index (χ4v) is 1.47. The van der Waals surface area contributed by atoms with Crippen LogP contribution in [0.2, 0.25) is 0 Å². The molecule has 0 aromatic heterocycles. The number of nitrogens with two attached hydrogens (primary N) is 1. The summed E-state index contributed by atoms with van der Waals surface area (Å²) in [5.74, 6) is -0.188. The van der Waals surface area contributed by atoms with E-state index in [1.807, 2.05) is 6.07 Å². The zero-order valence-electron chi connectivity index (χ0n) is 7.46. The third-order valence-corrected chi connectivity index (χ3v) is 2.48. The van der Waals surface area contributed by atoms with E-state index in [4.69, 9.17) is 5.73 Å². The minimum atomic E-state index is -0.188. The lowest BCUT2D eigenvalue weighted by atomic mass is 10.1. The zero-order chi connectivity index (χ0) is 9.26. The number of halogens is 1. The Morgan fingerprint density at radius 3 is 2.62 bits per heavy atom. The van der Waals surface area contributed by atoms with E-state index in [-0.39, 0.29) is 12.4 Å². The van der Waals surface area contributed by atoms with E-state index in [0.29, 0.717) is 5.56 Å². The Kier molecular flexibility index (Phi) is 2.19. The number of hydrogen-bond donors (Lipinski definition) is 1. The van der Waals surface area contributed by atoms with Gasteiger partial charge in [0, 0.05) is 30.9 Å². The van der Waals surface area contributed by atoms with E-state index in [1.165, 1.54) is 6.42 Å². The molecule has 0 radical (unpaired) electrons. The van der Waals surface area contributed by atoms with Gasteiger partial charge in [-0.1, -0.05) is 6.07 Å². The Labute approximate surface area is 77.2 Å². The van der Waals surface area contributed by atoms with Gasteiger partial charge < -0.3 is 10.6 Å². The molecule has 0 bridgehead atoms. The first-order chi connectivity index (χ1) is 6.31. The quantitative estimate of drug-likeness (QED) is 0.747. The first kappa shape index (κ1) is 8.51. The summed E-state index contributed by atoms with van der Waals surface area (Å²) in [6, 6.07) is 5.27. The Morgan fingerprint density at radius 2 is 2.15 bits per heavy atom. The molecule has 13 heavy (non-hydrogen) atoms. The smallest absolute Gasteiger partial charge is 0.129 e. The van der Waals surface area contributed by atoms with Gasteiger partial charge in [0.05, 0.1) is 0 Å². The van der Waals surface area contributed by atoms with Gasteiger partial charge in [-0.25, -0.2) is 4.39 Å². The van der Waals surface area contributed by atoms with Gasteiger partial charge in [0.25, 0.3) is 0 Å². The molecule has 0 spiro atoms. The Balaban J connectivity index is 2.24. The molecule has 1 fully saturated rings. The summed E-state index contributed by atoms with van der Waals surface area (Å²) in [6.45, 7) is 2.36. The van der Waals surface area contributed by atoms with Gasteiger partial charge in [-0.15, -0.1) is 0 Å². The third kappa shape index (κ3) is 1.52. The number of rotatable bonds is 2. The molecule has 70 valence electrons. The van der Waals surface area contributed by atoms with Crippen LogP contribution in [0.4, 0.5) is 10.1 Å². The summed E-state index contributed by atoms with van der Waals surface area (Å²) in [4.78, 5) is 2.16. The summed E-state index contributed by atoms with van der Waals surface area (Å²) >= 11 is 0. The van der Waals surface area contributed by atoms with Crippen LogP contribution < -0.4 is 10.6 Å². The van der Waals surface area contributed by atoms with Crippen LogP contribution in [0.5, 0.6) is 0 Å². The van der Waals surface area contributed by atoms with E-state index < -0.39 is 0 Å². The largest absolute Gasteiger partial charge is 0.371 e. The highest BCUT2D eigenvalue weighted by Crippen LogP contribution is 2.22. The fourth-order valence-electron chi connectivity index (χ4n) is 1.47. The maximum atomic E-state index is 13.3. The second kappa shape index (κ2) is 3.34. The van der Waals surface area contributed by atoms with E-state index in [1.54, 1.807) is 12.1 Å². The molecule has 0 amide bonds. The molecule has 3 heteroatoms. The predicted molar refractivity (Wildman–Crippen MR) is 51.1 cm³/mol. The van der Waals surface area contributed by atoms with Gasteiger partial charge in [-0.05, 0) is 18.6 Å². The average Bonchev–Trinajstić information content (AvgIpc) is 2.01. The second-order valence-corrected chi connectivity index (χ2v) is 3.32. The SMILES string of the molecule is NCc1ccc(N2CCC2)cc1F. The number of anilines is 1. The maximum Gasteiger partial charge on any atom is 0.129 e. The van der Waals surface area contributed by atoms with Crippen LogP contribution in [0.1, 0.15) is 12.0 Å². The molecule has 1 aliphatic rings. The highest BCUT2D eigenvalue weighted by molar-refractivity contribution is 5.49. The number of hydrogen-bond acceptors (Lipinski definition) is 2. The fraction of sp³-hybridized carbons (Fsp3) is 0.400. The van der Waals surface area contributed by atoms with Gasteiger partial charge in [0.2, 0.25) is 0 Å². The minimum absolute atomic E-state index is 0.188. The van der Waals surface area contributed by atoms with E-state index in [9.17, 15) is 4.39 Å². The average molecular weight is 180 g/mol. The summed E-state index contributed by atoms with van der Waals surface area (Å²) in [7, 11) is 0. The van der Waals surface area contributed by atoms with E-state index >= 15 is 0 Å². The summed E-state index contributed by atoms with van der Waals surface area (Å²) in [6.07, 6.45) is 1.21. The second-order valence-electron chi connectivity index (χ2n) is 3.32. The first-order valence-electron chi connectivity index (χ1n) is 4.54. The molecule has 1 saturated heterocycles. The lowest BCUT2D eigenvalue weighted by Crippen LogP contribution is -2.37. The normalized spacial score (nSPS) is 15.7. The molecule has 0 atom stereocenters. The van der Waals surface area contributed by atoms with Crippen LogP contribution in [0, 0.1) is 5.82 Å². The molecular formula is C10H13FN2. The zero-order valence-corrected chi connectivity index (χ0v) is 7.46. The van der Waals surface area contributed by atoms with Crippen molar-refractivity contribution in [2.24, 2.45) is 5.73 Å². The molecule has 0 saturated carbocycles. The van der Waals surface area contributed by atoms with Crippen molar-refractivity contribution in [3.8, 4) is 0 Å². The third-order valence-electron chi connectivity index (χ3n) is 2.48. The summed E-state index contributed by atoms with van der Waals surface area (Å²) < 4.78 is 13.3. The highest BCUT2D eigenvalue weighted by Gasteiger charge is 2.15. The van der Waals surface area contributed by atoms with Crippen molar-refractivity contribution < 1.29 is 4.39 Å². The van der Waals surface area contributed by atoms with Gasteiger partial charge in [-0.2, -0.15) is 0 Å². The van der Waals surface area contributed by atoms with Crippen LogP contribution >= 0.6 is 0 Å². The number of benzene rings is 1. The molecular weight excluding hydrogens is 167 g/mol. The van der Waals surface area contributed by atoms with Gasteiger partial charge in [0.15, 0.2) is 0 Å². The molecule has 2 N–H and O–H groups in total. The van der Waals surface area contributed by atoms with Crippen molar-refractivity contribution in [3.05, 3.63) is 29.6 Å². The molecule has 1 aliphatic heterocycles. The van der Waals surface area contributed by atoms with Crippen LogP contribution in [0.3, 0.4) is 0 Å².